The summed E-state index contributed by atoms with van der Waals surface area (Å²) < 4.78 is 7.43. The zero-order chi connectivity index (χ0) is 14.3. The first-order valence-corrected chi connectivity index (χ1v) is 10.4. The summed E-state index contributed by atoms with van der Waals surface area (Å²) in [5, 5.41) is 2.52. The van der Waals surface area contributed by atoms with E-state index < -0.39 is 8.32 Å². The Hall–Kier alpha value is -0.623. The number of benzene rings is 1. The van der Waals surface area contributed by atoms with Gasteiger partial charge in [-0.3, -0.25) is 0 Å². The van der Waals surface area contributed by atoms with Gasteiger partial charge in [0.05, 0.1) is 6.20 Å². The molecule has 0 fully saturated rings. The highest BCUT2D eigenvalue weighted by atomic mass is 127. The predicted molar refractivity (Wildman–Crippen MR) is 92.3 cm³/mol. The maximum atomic E-state index is 6.41. The average molecular weight is 385 g/mol. The van der Waals surface area contributed by atoms with E-state index in [1.165, 1.54) is 5.39 Å². The summed E-state index contributed by atoms with van der Waals surface area (Å²) in [5.41, 5.74) is 0. The number of pyridine rings is 1. The van der Waals surface area contributed by atoms with Crippen LogP contribution in [-0.2, 0) is 0 Å². The Morgan fingerprint density at radius 2 is 1.68 bits per heavy atom. The van der Waals surface area contributed by atoms with Gasteiger partial charge in [0.25, 0.3) is 8.32 Å². The third-order valence-corrected chi connectivity index (χ3v) is 9.08. The molecule has 0 saturated carbocycles. The van der Waals surface area contributed by atoms with Crippen molar-refractivity contribution in [3.05, 3.63) is 34.2 Å². The molecule has 0 radical (unpaired) electrons. The predicted octanol–water partition coefficient (Wildman–Crippen LogP) is 5.22. The van der Waals surface area contributed by atoms with Crippen molar-refractivity contribution in [1.82, 2.24) is 4.98 Å². The lowest BCUT2D eigenvalue weighted by Gasteiger charge is -2.36. The molecule has 0 saturated heterocycles. The van der Waals surface area contributed by atoms with Crippen LogP contribution in [0, 0.1) is 3.70 Å². The normalized spacial score (nSPS) is 12.7. The third-order valence-electron chi connectivity index (χ3n) is 3.88. The van der Waals surface area contributed by atoms with Crippen LogP contribution in [0.4, 0.5) is 0 Å². The lowest BCUT2D eigenvalue weighted by Crippen LogP contribution is -2.43. The van der Waals surface area contributed by atoms with Gasteiger partial charge < -0.3 is 4.43 Å². The average Bonchev–Trinajstić information content (AvgIpc) is 2.32. The van der Waals surface area contributed by atoms with Crippen molar-refractivity contribution < 1.29 is 4.43 Å². The summed E-state index contributed by atoms with van der Waals surface area (Å²) in [5.74, 6) is 0.919. The standard InChI is InChI=1S/C15H20INOSi/c1-15(2,3)19(4,5)18-13-10-17-14(16)12-9-7-6-8-11(12)13/h6-10H,1-5H3. The van der Waals surface area contributed by atoms with Gasteiger partial charge in [0.15, 0.2) is 0 Å². The van der Waals surface area contributed by atoms with Crippen LogP contribution >= 0.6 is 22.6 Å². The molecule has 1 aromatic heterocycles. The Morgan fingerprint density at radius 3 is 2.26 bits per heavy atom. The number of fused-ring (bicyclic) bond motifs is 1. The van der Waals surface area contributed by atoms with Crippen molar-refractivity contribution in [2.24, 2.45) is 0 Å². The van der Waals surface area contributed by atoms with E-state index in [0.29, 0.717) is 0 Å². The second-order valence-corrected chi connectivity index (χ2v) is 12.1. The molecular formula is C15H20INOSi. The molecule has 0 bridgehead atoms. The van der Waals surface area contributed by atoms with E-state index in [1.807, 2.05) is 12.3 Å². The highest BCUT2D eigenvalue weighted by molar-refractivity contribution is 14.1. The van der Waals surface area contributed by atoms with Crippen molar-refractivity contribution in [2.75, 3.05) is 0 Å². The summed E-state index contributed by atoms with van der Waals surface area (Å²) in [7, 11) is -1.82. The second-order valence-electron chi connectivity index (χ2n) is 6.32. The van der Waals surface area contributed by atoms with Crippen LogP contribution in [0.3, 0.4) is 0 Å². The van der Waals surface area contributed by atoms with Gasteiger partial charge in [0.1, 0.15) is 9.45 Å². The minimum Gasteiger partial charge on any atom is -0.542 e. The number of hydrogen-bond acceptors (Lipinski definition) is 2. The molecule has 102 valence electrons. The number of rotatable bonds is 2. The molecule has 0 spiro atoms. The molecule has 0 aliphatic heterocycles. The van der Waals surface area contributed by atoms with Gasteiger partial charge in [-0.25, -0.2) is 4.98 Å². The Kier molecular flexibility index (Phi) is 3.93. The van der Waals surface area contributed by atoms with Crippen molar-refractivity contribution in [2.45, 2.75) is 38.9 Å². The molecule has 0 amide bonds. The van der Waals surface area contributed by atoms with Crippen molar-refractivity contribution in [1.29, 1.82) is 0 Å². The zero-order valence-electron chi connectivity index (χ0n) is 12.1. The van der Waals surface area contributed by atoms with E-state index in [4.69, 9.17) is 4.43 Å². The quantitative estimate of drug-likeness (QED) is 0.402. The van der Waals surface area contributed by atoms with E-state index in [1.54, 1.807) is 0 Å². The lowest BCUT2D eigenvalue weighted by atomic mass is 10.2. The SMILES string of the molecule is CC(C)(C)[Si](C)(C)Oc1cnc(I)c2ccccc12. The summed E-state index contributed by atoms with van der Waals surface area (Å²) in [6.45, 7) is 11.3. The van der Waals surface area contributed by atoms with Crippen molar-refractivity contribution in [3.8, 4) is 5.75 Å². The molecule has 1 heterocycles. The first-order valence-electron chi connectivity index (χ1n) is 6.45. The number of aromatic nitrogens is 1. The number of halogens is 1. The third kappa shape index (κ3) is 2.94. The fourth-order valence-corrected chi connectivity index (χ4v) is 3.27. The van der Waals surface area contributed by atoms with E-state index >= 15 is 0 Å². The molecule has 0 aliphatic rings. The molecule has 0 N–H and O–H groups in total. The smallest absolute Gasteiger partial charge is 0.250 e. The fraction of sp³-hybridized carbons (Fsp3) is 0.400. The van der Waals surface area contributed by atoms with Crippen molar-refractivity contribution in [3.63, 3.8) is 0 Å². The first-order chi connectivity index (χ1) is 8.72. The topological polar surface area (TPSA) is 22.1 Å². The molecule has 2 nitrogen and oxygen atoms in total. The van der Waals surface area contributed by atoms with Gasteiger partial charge in [-0.05, 0) is 40.7 Å². The Morgan fingerprint density at radius 1 is 1.11 bits per heavy atom. The summed E-state index contributed by atoms with van der Waals surface area (Å²) >= 11 is 2.27. The molecule has 0 aliphatic carbocycles. The van der Waals surface area contributed by atoms with Gasteiger partial charge in [-0.15, -0.1) is 0 Å². The van der Waals surface area contributed by atoms with Gasteiger partial charge in [-0.2, -0.15) is 0 Å². The van der Waals surface area contributed by atoms with E-state index in [9.17, 15) is 0 Å². The Balaban J connectivity index is 2.51. The van der Waals surface area contributed by atoms with Crippen LogP contribution in [-0.4, -0.2) is 13.3 Å². The molecular weight excluding hydrogens is 365 g/mol. The van der Waals surface area contributed by atoms with Crippen LogP contribution in [0.15, 0.2) is 30.5 Å². The minimum atomic E-state index is -1.82. The van der Waals surface area contributed by atoms with Gasteiger partial charge in [0.2, 0.25) is 0 Å². The maximum absolute atomic E-state index is 6.41. The van der Waals surface area contributed by atoms with Crippen LogP contribution in [0.1, 0.15) is 20.8 Å². The Labute approximate surface area is 129 Å². The van der Waals surface area contributed by atoms with Crippen molar-refractivity contribution >= 4 is 41.7 Å². The maximum Gasteiger partial charge on any atom is 0.250 e. The molecule has 19 heavy (non-hydrogen) atoms. The fourth-order valence-electron chi connectivity index (χ4n) is 1.64. The summed E-state index contributed by atoms with van der Waals surface area (Å²) in [4.78, 5) is 4.46. The van der Waals surface area contributed by atoms with Crippen LogP contribution in [0.2, 0.25) is 18.1 Å². The molecule has 2 aromatic rings. The number of hydrogen-bond donors (Lipinski definition) is 0. The van der Waals surface area contributed by atoms with Gasteiger partial charge >= 0.3 is 0 Å². The first kappa shape index (κ1) is 14.8. The van der Waals surface area contributed by atoms with Gasteiger partial charge in [0, 0.05) is 10.8 Å². The highest BCUT2D eigenvalue weighted by Gasteiger charge is 2.39. The molecule has 4 heteroatoms. The molecule has 2 rings (SSSR count). The van der Waals surface area contributed by atoms with Crippen LogP contribution in [0.5, 0.6) is 5.75 Å². The monoisotopic (exact) mass is 385 g/mol. The van der Waals surface area contributed by atoms with E-state index in [-0.39, 0.29) is 5.04 Å². The summed E-state index contributed by atoms with van der Waals surface area (Å²) in [6, 6.07) is 8.31. The van der Waals surface area contributed by atoms with Crippen LogP contribution < -0.4 is 4.43 Å². The largest absolute Gasteiger partial charge is 0.542 e. The number of nitrogens with zero attached hydrogens (tertiary/aromatic N) is 1. The van der Waals surface area contributed by atoms with E-state index in [2.05, 4.69) is 79.6 Å². The summed E-state index contributed by atoms with van der Waals surface area (Å²) in [6.07, 6.45) is 1.87. The van der Waals surface area contributed by atoms with E-state index in [0.717, 1.165) is 14.8 Å². The Bertz CT molecular complexity index is 605. The highest BCUT2D eigenvalue weighted by Crippen LogP contribution is 2.39. The lowest BCUT2D eigenvalue weighted by molar-refractivity contribution is 0.494. The molecule has 0 unspecified atom stereocenters. The minimum absolute atomic E-state index is 0.192. The zero-order valence-corrected chi connectivity index (χ0v) is 15.3. The van der Waals surface area contributed by atoms with Gasteiger partial charge in [-0.1, -0.05) is 45.0 Å². The molecule has 0 atom stereocenters. The second kappa shape index (κ2) is 5.05. The van der Waals surface area contributed by atoms with Crippen LogP contribution in [0.25, 0.3) is 10.8 Å². The molecule has 1 aromatic carbocycles.